The van der Waals surface area contributed by atoms with Crippen LogP contribution in [0.2, 0.25) is 0 Å². The Labute approximate surface area is 547 Å². The maximum absolute atomic E-state index is 13.4. The molecular formula is C75H69F5N12O4. The molecule has 8 heterocycles. The summed E-state index contributed by atoms with van der Waals surface area (Å²) in [5.41, 5.74) is 10.0. The summed E-state index contributed by atoms with van der Waals surface area (Å²) in [5, 5.41) is 46.5. The molecule has 21 heteroatoms. The molecule has 16 nitrogen and oxygen atoms in total. The van der Waals surface area contributed by atoms with Crippen molar-refractivity contribution in [2.24, 2.45) is 0 Å². The average molecular weight is 1300 g/mol. The Morgan fingerprint density at radius 2 is 0.646 bits per heavy atom. The zero-order valence-electron chi connectivity index (χ0n) is 52.3. The number of halogens is 5. The SMILES string of the molecule is Cc1nc2ccccc2n1CC(O)Cn1ccc2ccccc21.OC(Cn1ccc2ccccc21)Cn1c(C(F)(F)F)nc2ccccc21.OC(Cn1ccc2ccccc21)Cn1c(C(F)F)nc2ccccc21.OC(Cn1ccc2ccccc21)Cn1cnc2ccccc21. The largest absolute Gasteiger partial charge is 0.449 e. The highest BCUT2D eigenvalue weighted by atomic mass is 19.4. The normalized spacial score (nSPS) is 13.2. The predicted molar refractivity (Wildman–Crippen MR) is 365 cm³/mol. The number of aliphatic hydroxyl groups excluding tert-OH is 4. The van der Waals surface area contributed by atoms with Gasteiger partial charge >= 0.3 is 6.18 Å². The lowest BCUT2D eigenvalue weighted by atomic mass is 10.2. The Morgan fingerprint density at radius 1 is 0.333 bits per heavy atom. The Hall–Kier alpha value is -10.7. The molecule has 0 fully saturated rings. The molecule has 0 aliphatic carbocycles. The zero-order chi connectivity index (χ0) is 66.5. The van der Waals surface area contributed by atoms with Crippen LogP contribution in [0.3, 0.4) is 0 Å². The second-order valence-corrected chi connectivity index (χ2v) is 23.8. The van der Waals surface area contributed by atoms with E-state index in [0.717, 1.165) is 65.3 Å². The first-order valence-electron chi connectivity index (χ1n) is 31.6. The van der Waals surface area contributed by atoms with Gasteiger partial charge in [0.05, 0.1) is 127 Å². The number of aryl methyl sites for hydroxylation is 1. The number of hydrogen-bond acceptors (Lipinski definition) is 8. The summed E-state index contributed by atoms with van der Waals surface area (Å²) in [7, 11) is 0. The fraction of sp³-hybridized carbons (Fsp3) is 0.200. The van der Waals surface area contributed by atoms with Crippen LogP contribution in [0.4, 0.5) is 22.0 Å². The molecule has 0 saturated carbocycles. The van der Waals surface area contributed by atoms with E-state index in [4.69, 9.17) is 0 Å². The van der Waals surface area contributed by atoms with Crippen molar-refractivity contribution in [1.82, 2.24) is 56.5 Å². The van der Waals surface area contributed by atoms with E-state index in [1.165, 1.54) is 21.4 Å². The number of fused-ring (bicyclic) bond motifs is 8. The van der Waals surface area contributed by atoms with Gasteiger partial charge in [0, 0.05) is 46.9 Å². The molecule has 96 heavy (non-hydrogen) atoms. The van der Waals surface area contributed by atoms with E-state index in [9.17, 15) is 42.4 Å². The maximum atomic E-state index is 13.4. The summed E-state index contributed by atoms with van der Waals surface area (Å²) in [5.74, 6) is -0.365. The van der Waals surface area contributed by atoms with Gasteiger partial charge < -0.3 is 57.0 Å². The van der Waals surface area contributed by atoms with Gasteiger partial charge in [-0.05, 0) is 126 Å². The minimum Gasteiger partial charge on any atom is -0.389 e. The summed E-state index contributed by atoms with van der Waals surface area (Å²) in [4.78, 5) is 16.6. The highest BCUT2D eigenvalue weighted by molar-refractivity contribution is 5.83. The van der Waals surface area contributed by atoms with E-state index in [1.807, 2.05) is 179 Å². The summed E-state index contributed by atoms with van der Waals surface area (Å²) in [6.45, 7) is 4.58. The van der Waals surface area contributed by atoms with Crippen LogP contribution in [0.1, 0.15) is 23.9 Å². The second kappa shape index (κ2) is 28.1. The van der Waals surface area contributed by atoms with Crippen LogP contribution in [-0.4, -0.2) is 101 Å². The molecule has 16 aromatic rings. The van der Waals surface area contributed by atoms with Crippen LogP contribution >= 0.6 is 0 Å². The van der Waals surface area contributed by atoms with Gasteiger partial charge in [0.1, 0.15) is 5.82 Å². The van der Waals surface area contributed by atoms with E-state index in [0.29, 0.717) is 49.3 Å². The third-order valence-corrected chi connectivity index (χ3v) is 17.1. The summed E-state index contributed by atoms with van der Waals surface area (Å²) in [6, 6.07) is 69.4. The highest BCUT2D eigenvalue weighted by Crippen LogP contribution is 2.33. The second-order valence-electron chi connectivity index (χ2n) is 23.8. The Kier molecular flexibility index (Phi) is 18.7. The van der Waals surface area contributed by atoms with Crippen molar-refractivity contribution in [3.05, 3.63) is 267 Å². The molecule has 8 aromatic heterocycles. The number of benzene rings is 8. The van der Waals surface area contributed by atoms with Crippen molar-refractivity contribution >= 4 is 87.7 Å². The van der Waals surface area contributed by atoms with E-state index in [1.54, 1.807) is 48.8 Å². The predicted octanol–water partition coefficient (Wildman–Crippen LogP) is 14.5. The Balaban J connectivity index is 0.000000116. The van der Waals surface area contributed by atoms with Crippen molar-refractivity contribution in [1.29, 1.82) is 0 Å². The van der Waals surface area contributed by atoms with Crippen LogP contribution < -0.4 is 0 Å². The van der Waals surface area contributed by atoms with Crippen LogP contribution in [0.25, 0.3) is 87.7 Å². The van der Waals surface area contributed by atoms with Crippen LogP contribution in [0.5, 0.6) is 0 Å². The van der Waals surface area contributed by atoms with Crippen molar-refractivity contribution in [2.45, 2.75) is 96.3 Å². The number of imidazole rings is 4. The molecule has 4 atom stereocenters. The van der Waals surface area contributed by atoms with Crippen LogP contribution in [0.15, 0.2) is 250 Å². The fourth-order valence-corrected chi connectivity index (χ4v) is 12.7. The molecule has 488 valence electrons. The van der Waals surface area contributed by atoms with E-state index >= 15 is 0 Å². The first-order valence-corrected chi connectivity index (χ1v) is 31.6. The quantitative estimate of drug-likeness (QED) is 0.0652. The first kappa shape index (κ1) is 64.0. The van der Waals surface area contributed by atoms with Crippen molar-refractivity contribution in [3.63, 3.8) is 0 Å². The van der Waals surface area contributed by atoms with Gasteiger partial charge in [-0.25, -0.2) is 28.7 Å². The molecule has 8 aromatic carbocycles. The number of aliphatic hydroxyl groups is 4. The molecule has 0 saturated heterocycles. The standard InChI is InChI=1S/C19H16F3N3O.C19H17F2N3O.C19H19N3O.C18H17N3O/c20-19(21,22)18-23-15-6-2-4-8-17(15)25(18)12-14(26)11-24-10-9-13-5-1-3-7-16(13)24;20-18(21)19-22-15-6-2-4-8-17(15)24(19)12-14(25)11-23-10-9-13-5-1-3-7-16(13)23;1-14-20-17-7-3-5-9-19(17)22(14)13-16(23)12-21-11-10-15-6-2-4-8-18(15)21;22-15(11-20-10-9-14-5-1-3-7-17(14)20)12-21-13-19-16-6-2-4-8-18(16)21/h1-10,14,26H,11-12H2;1-10,14,18,25H,11-12H2;2-11,16,23H,12-13H2,1H3;1-10,13,15,22H,11-12H2. The number of alkyl halides is 5. The lowest BCUT2D eigenvalue weighted by molar-refractivity contribution is -0.147. The van der Waals surface area contributed by atoms with Crippen molar-refractivity contribution in [3.8, 4) is 0 Å². The topological polar surface area (TPSA) is 172 Å². The molecule has 0 aliphatic heterocycles. The number of rotatable bonds is 17. The number of hydrogen-bond donors (Lipinski definition) is 4. The third kappa shape index (κ3) is 14.1. The average Bonchev–Trinajstić information content (AvgIpc) is 1.65. The van der Waals surface area contributed by atoms with Crippen molar-refractivity contribution < 1.29 is 42.4 Å². The lowest BCUT2D eigenvalue weighted by Crippen LogP contribution is -2.25. The van der Waals surface area contributed by atoms with E-state index in [-0.39, 0.29) is 31.0 Å². The molecule has 0 radical (unpaired) electrons. The van der Waals surface area contributed by atoms with Gasteiger partial charge in [-0.2, -0.15) is 13.2 Å². The summed E-state index contributed by atoms with van der Waals surface area (Å²) < 4.78 is 81.2. The van der Waals surface area contributed by atoms with E-state index in [2.05, 4.69) is 70.0 Å². The molecule has 4 N–H and O–H groups in total. The molecule has 0 aliphatic rings. The smallest absolute Gasteiger partial charge is 0.389 e. The Morgan fingerprint density at radius 3 is 1.07 bits per heavy atom. The van der Waals surface area contributed by atoms with Gasteiger partial charge in [-0.3, -0.25) is 0 Å². The van der Waals surface area contributed by atoms with Crippen LogP contribution in [0, 0.1) is 6.92 Å². The van der Waals surface area contributed by atoms with Gasteiger partial charge in [-0.15, -0.1) is 0 Å². The highest BCUT2D eigenvalue weighted by Gasteiger charge is 2.38. The summed E-state index contributed by atoms with van der Waals surface area (Å²) in [6.07, 6.45) is -0.441. The Bertz CT molecular complexity index is 5210. The summed E-state index contributed by atoms with van der Waals surface area (Å²) >= 11 is 0. The van der Waals surface area contributed by atoms with Gasteiger partial charge in [0.15, 0.2) is 5.82 Å². The van der Waals surface area contributed by atoms with Gasteiger partial charge in [0.2, 0.25) is 5.82 Å². The van der Waals surface area contributed by atoms with E-state index < -0.39 is 42.8 Å². The lowest BCUT2D eigenvalue weighted by Gasteiger charge is -2.17. The molecule has 16 rings (SSSR count). The van der Waals surface area contributed by atoms with Crippen molar-refractivity contribution in [2.75, 3.05) is 0 Å². The fourth-order valence-electron chi connectivity index (χ4n) is 12.7. The third-order valence-electron chi connectivity index (χ3n) is 17.1. The maximum Gasteiger partial charge on any atom is 0.449 e. The minimum atomic E-state index is -4.58. The molecule has 0 bridgehead atoms. The molecule has 4 unspecified atom stereocenters. The van der Waals surface area contributed by atoms with Crippen LogP contribution in [-0.2, 0) is 58.5 Å². The number of nitrogens with zero attached hydrogens (tertiary/aromatic N) is 12. The molecule has 0 spiro atoms. The minimum absolute atomic E-state index is 0.0622. The van der Waals surface area contributed by atoms with Gasteiger partial charge in [0.25, 0.3) is 6.43 Å². The first-order chi connectivity index (χ1) is 46.6. The number of aromatic nitrogens is 12. The zero-order valence-corrected chi connectivity index (χ0v) is 52.3. The number of para-hydroxylation sites is 12. The molecule has 0 amide bonds. The molecular weight excluding hydrogens is 1230 g/mol. The monoisotopic (exact) mass is 1300 g/mol. The van der Waals surface area contributed by atoms with Gasteiger partial charge in [-0.1, -0.05) is 121 Å².